The molecule has 2 aliphatic rings. The number of nitrogens with one attached hydrogen (secondary N) is 2. The smallest absolute Gasteiger partial charge is 0.251 e. The molecule has 37 heavy (non-hydrogen) atoms. The van der Waals surface area contributed by atoms with Gasteiger partial charge in [0.05, 0.1) is 5.69 Å². The van der Waals surface area contributed by atoms with Crippen LogP contribution >= 0.6 is 0 Å². The number of aryl methyl sites for hydroxylation is 3. The molecule has 0 bridgehead atoms. The molecule has 2 N–H and O–H groups in total. The minimum absolute atomic E-state index is 0.0853. The van der Waals surface area contributed by atoms with E-state index in [4.69, 9.17) is 9.97 Å². The molecule has 0 radical (unpaired) electrons. The van der Waals surface area contributed by atoms with Gasteiger partial charge in [0.25, 0.3) is 5.91 Å². The maximum absolute atomic E-state index is 13.9. The molecule has 0 spiro atoms. The molecular formula is C30H36FN5O. The summed E-state index contributed by atoms with van der Waals surface area (Å²) >= 11 is 0. The van der Waals surface area contributed by atoms with E-state index >= 15 is 0 Å². The van der Waals surface area contributed by atoms with Crippen molar-refractivity contribution in [2.45, 2.75) is 77.3 Å². The summed E-state index contributed by atoms with van der Waals surface area (Å²) in [5.41, 5.74) is 5.71. The number of rotatable bonds is 6. The fourth-order valence-corrected chi connectivity index (χ4v) is 5.54. The van der Waals surface area contributed by atoms with Gasteiger partial charge in [0.1, 0.15) is 11.6 Å². The summed E-state index contributed by atoms with van der Waals surface area (Å²) in [6.45, 7) is 3.83. The van der Waals surface area contributed by atoms with Crippen molar-refractivity contribution in [2.75, 3.05) is 17.3 Å². The lowest BCUT2D eigenvalue weighted by Crippen LogP contribution is -2.40. The van der Waals surface area contributed by atoms with Crippen LogP contribution < -0.4 is 15.5 Å². The van der Waals surface area contributed by atoms with Crippen LogP contribution in [-0.4, -0.2) is 35.0 Å². The van der Waals surface area contributed by atoms with Crippen LogP contribution in [-0.2, 0) is 12.8 Å². The normalized spacial score (nSPS) is 19.1. The van der Waals surface area contributed by atoms with Crippen molar-refractivity contribution in [3.63, 3.8) is 0 Å². The molecule has 1 amide bonds. The molecule has 7 heteroatoms. The average Bonchev–Trinajstić information content (AvgIpc) is 2.91. The van der Waals surface area contributed by atoms with E-state index in [0.717, 1.165) is 62.1 Å². The molecule has 2 aliphatic carbocycles. The minimum atomic E-state index is -0.349. The summed E-state index contributed by atoms with van der Waals surface area (Å²) in [5.74, 6) is 1.13. The highest BCUT2D eigenvalue weighted by Crippen LogP contribution is 2.34. The number of fused-ring (bicyclic) bond motifs is 1. The number of carbonyl (C=O) groups is 1. The number of hydrogen-bond acceptors (Lipinski definition) is 5. The maximum atomic E-state index is 13.9. The molecule has 3 aromatic rings. The van der Waals surface area contributed by atoms with Crippen molar-refractivity contribution < 1.29 is 9.18 Å². The zero-order valence-electron chi connectivity index (χ0n) is 22.0. The van der Waals surface area contributed by atoms with Crippen LogP contribution in [0.25, 0.3) is 0 Å². The van der Waals surface area contributed by atoms with Gasteiger partial charge >= 0.3 is 0 Å². The predicted molar refractivity (Wildman–Crippen MR) is 146 cm³/mol. The second kappa shape index (κ2) is 10.9. The Morgan fingerprint density at radius 1 is 0.946 bits per heavy atom. The Labute approximate surface area is 218 Å². The first-order chi connectivity index (χ1) is 17.9. The monoisotopic (exact) mass is 501 g/mol. The third-order valence-electron chi connectivity index (χ3n) is 7.79. The Morgan fingerprint density at radius 3 is 2.43 bits per heavy atom. The van der Waals surface area contributed by atoms with Gasteiger partial charge in [-0.05, 0) is 94.5 Å². The number of nitrogens with zero attached hydrogens (tertiary/aromatic N) is 3. The molecule has 6 nitrogen and oxygen atoms in total. The van der Waals surface area contributed by atoms with Gasteiger partial charge in [-0.1, -0.05) is 24.3 Å². The molecule has 2 aromatic carbocycles. The second-order valence-corrected chi connectivity index (χ2v) is 10.5. The molecule has 1 fully saturated rings. The van der Waals surface area contributed by atoms with Crippen LogP contribution in [0.3, 0.4) is 0 Å². The van der Waals surface area contributed by atoms with Crippen LogP contribution in [0, 0.1) is 19.7 Å². The fourth-order valence-electron chi connectivity index (χ4n) is 5.54. The number of anilines is 3. The van der Waals surface area contributed by atoms with Crippen LogP contribution in [0.5, 0.6) is 0 Å². The quantitative estimate of drug-likeness (QED) is 0.431. The van der Waals surface area contributed by atoms with Crippen molar-refractivity contribution in [1.82, 2.24) is 15.3 Å². The molecule has 5 rings (SSSR count). The highest BCUT2D eigenvalue weighted by Gasteiger charge is 2.26. The van der Waals surface area contributed by atoms with Gasteiger partial charge in [0.2, 0.25) is 5.95 Å². The van der Waals surface area contributed by atoms with Crippen LogP contribution in [0.2, 0.25) is 0 Å². The molecule has 1 heterocycles. The van der Waals surface area contributed by atoms with Gasteiger partial charge < -0.3 is 15.5 Å². The summed E-state index contributed by atoms with van der Waals surface area (Å²) in [7, 11) is 2.09. The Bertz CT molecular complexity index is 1280. The number of halogens is 1. The summed E-state index contributed by atoms with van der Waals surface area (Å²) in [6, 6.07) is 13.4. The molecule has 194 valence electrons. The third kappa shape index (κ3) is 5.60. The molecule has 1 aromatic heterocycles. The van der Waals surface area contributed by atoms with E-state index in [1.165, 1.54) is 23.6 Å². The van der Waals surface area contributed by atoms with Gasteiger partial charge in [0.15, 0.2) is 0 Å². The molecule has 1 saturated carbocycles. The number of benzene rings is 2. The van der Waals surface area contributed by atoms with Gasteiger partial charge in [-0.25, -0.2) is 9.37 Å². The lowest BCUT2D eigenvalue weighted by atomic mass is 9.91. The first kappa shape index (κ1) is 25.2. The first-order valence-electron chi connectivity index (χ1n) is 13.4. The Morgan fingerprint density at radius 2 is 1.68 bits per heavy atom. The lowest BCUT2D eigenvalue weighted by molar-refractivity contribution is 0.0926. The largest absolute Gasteiger partial charge is 0.351 e. The molecule has 0 atom stereocenters. The molecule has 0 unspecified atom stereocenters. The van der Waals surface area contributed by atoms with Crippen LogP contribution in [0.1, 0.15) is 71.3 Å². The average molecular weight is 502 g/mol. The van der Waals surface area contributed by atoms with Crippen LogP contribution in [0.4, 0.5) is 21.8 Å². The van der Waals surface area contributed by atoms with E-state index in [-0.39, 0.29) is 23.8 Å². The minimum Gasteiger partial charge on any atom is -0.351 e. The Hall–Kier alpha value is -3.48. The molecule has 0 aliphatic heterocycles. The van der Waals surface area contributed by atoms with Gasteiger partial charge in [-0.3, -0.25) is 4.79 Å². The highest BCUT2D eigenvalue weighted by atomic mass is 19.1. The zero-order valence-corrected chi connectivity index (χ0v) is 22.0. The first-order valence-corrected chi connectivity index (χ1v) is 13.4. The van der Waals surface area contributed by atoms with E-state index in [2.05, 4.69) is 53.8 Å². The topological polar surface area (TPSA) is 70.2 Å². The number of amides is 1. The van der Waals surface area contributed by atoms with Crippen molar-refractivity contribution >= 4 is 23.4 Å². The number of carbonyl (C=O) groups excluding carboxylic acids is 1. The molecular weight excluding hydrogens is 465 g/mol. The number of hydrogen-bond donors (Lipinski definition) is 2. The Kier molecular flexibility index (Phi) is 7.40. The number of para-hydroxylation sites is 1. The van der Waals surface area contributed by atoms with Crippen molar-refractivity contribution in [3.05, 3.63) is 76.2 Å². The summed E-state index contributed by atoms with van der Waals surface area (Å²) < 4.78 is 13.9. The summed E-state index contributed by atoms with van der Waals surface area (Å²) in [6.07, 6.45) is 7.87. The van der Waals surface area contributed by atoms with Gasteiger partial charge in [-0.15, -0.1) is 0 Å². The lowest BCUT2D eigenvalue weighted by Gasteiger charge is -2.31. The van der Waals surface area contributed by atoms with Gasteiger partial charge in [-0.2, -0.15) is 4.98 Å². The van der Waals surface area contributed by atoms with Crippen molar-refractivity contribution in [2.24, 2.45) is 0 Å². The third-order valence-corrected chi connectivity index (χ3v) is 7.79. The van der Waals surface area contributed by atoms with Crippen molar-refractivity contribution in [1.29, 1.82) is 0 Å². The highest BCUT2D eigenvalue weighted by molar-refractivity contribution is 5.94. The van der Waals surface area contributed by atoms with E-state index in [1.54, 1.807) is 19.1 Å². The molecule has 0 saturated heterocycles. The van der Waals surface area contributed by atoms with Crippen molar-refractivity contribution in [3.8, 4) is 0 Å². The van der Waals surface area contributed by atoms with E-state index in [9.17, 15) is 9.18 Å². The summed E-state index contributed by atoms with van der Waals surface area (Å²) in [4.78, 5) is 24.8. The predicted octanol–water partition coefficient (Wildman–Crippen LogP) is 6.03. The standard InChI is InChI=1S/C30H36FN5O/c1-19-12-13-21(18-25(19)31)29(37)32-22-14-16-23(17-15-22)33-30-34-26-10-6-5-9-24(26)28(35-30)36(3)27-11-7-4-8-20(27)2/h4,7-8,11-13,18,22-23H,5-6,9-10,14-17H2,1-3H3,(H,32,37)(H,33,34,35). The van der Waals surface area contributed by atoms with E-state index in [1.807, 2.05) is 0 Å². The summed E-state index contributed by atoms with van der Waals surface area (Å²) in [5, 5.41) is 6.68. The Balaban J connectivity index is 1.26. The fraction of sp³-hybridized carbons (Fsp3) is 0.433. The van der Waals surface area contributed by atoms with E-state index in [0.29, 0.717) is 17.1 Å². The number of aromatic nitrogens is 2. The van der Waals surface area contributed by atoms with Gasteiger partial charge in [0, 0.05) is 35.9 Å². The second-order valence-electron chi connectivity index (χ2n) is 10.5. The maximum Gasteiger partial charge on any atom is 0.251 e. The van der Waals surface area contributed by atoms with Crippen LogP contribution in [0.15, 0.2) is 42.5 Å². The zero-order chi connectivity index (χ0) is 25.9. The van der Waals surface area contributed by atoms with E-state index < -0.39 is 0 Å². The SMILES string of the molecule is Cc1ccc(C(=O)NC2CCC(Nc3nc4c(c(N(C)c5ccccc5C)n3)CCCC4)CC2)cc1F.